The summed E-state index contributed by atoms with van der Waals surface area (Å²) in [7, 11) is 4.14. The molecule has 1 aliphatic rings. The van der Waals surface area contributed by atoms with Crippen LogP contribution in [0, 0.1) is 11.8 Å². The van der Waals surface area contributed by atoms with Gasteiger partial charge in [-0.25, -0.2) is 0 Å². The summed E-state index contributed by atoms with van der Waals surface area (Å²) in [4.78, 5) is 16.8. The Morgan fingerprint density at radius 3 is 2.47 bits per heavy atom. The Kier molecular flexibility index (Phi) is 6.80. The van der Waals surface area contributed by atoms with E-state index in [0.717, 1.165) is 45.3 Å². The number of carbonyl (C=O) groups is 1. The zero-order valence-electron chi connectivity index (χ0n) is 13.1. The first-order valence-corrected chi connectivity index (χ1v) is 7.64. The van der Waals surface area contributed by atoms with Crippen LogP contribution in [-0.4, -0.2) is 55.5 Å². The fraction of sp³-hybridized carbons (Fsp3) is 0.933. The quantitative estimate of drug-likeness (QED) is 0.796. The van der Waals surface area contributed by atoms with Crippen LogP contribution in [0.4, 0.5) is 0 Å². The number of nitrogens with zero attached hydrogens (tertiary/aromatic N) is 2. The van der Waals surface area contributed by atoms with E-state index < -0.39 is 0 Å². The normalized spacial score (nSPS) is 27.6. The summed E-state index contributed by atoms with van der Waals surface area (Å²) in [5.74, 6) is 0.971. The molecule has 0 spiro atoms. The maximum absolute atomic E-state index is 12.6. The van der Waals surface area contributed by atoms with Gasteiger partial charge >= 0.3 is 0 Å². The van der Waals surface area contributed by atoms with E-state index in [1.807, 2.05) is 4.90 Å². The molecule has 2 N–H and O–H groups in total. The first-order chi connectivity index (χ1) is 8.95. The van der Waals surface area contributed by atoms with Gasteiger partial charge in [0.15, 0.2) is 0 Å². The average Bonchev–Trinajstić information content (AvgIpc) is 2.33. The van der Waals surface area contributed by atoms with Crippen molar-refractivity contribution in [2.24, 2.45) is 17.6 Å². The molecule has 1 aliphatic carbocycles. The van der Waals surface area contributed by atoms with Crippen LogP contribution >= 0.6 is 0 Å². The molecular weight excluding hydrogens is 238 g/mol. The summed E-state index contributed by atoms with van der Waals surface area (Å²) >= 11 is 0. The van der Waals surface area contributed by atoms with Crippen LogP contribution < -0.4 is 5.73 Å². The SMILES string of the molecule is CCN(CCCN(C)C)C(=O)C1CCC(N)CC1C. The van der Waals surface area contributed by atoms with E-state index >= 15 is 0 Å². The van der Waals surface area contributed by atoms with E-state index in [9.17, 15) is 4.79 Å². The fourth-order valence-electron chi connectivity index (χ4n) is 3.04. The van der Waals surface area contributed by atoms with E-state index in [2.05, 4.69) is 32.8 Å². The maximum atomic E-state index is 12.6. The summed E-state index contributed by atoms with van der Waals surface area (Å²) in [5, 5.41) is 0. The topological polar surface area (TPSA) is 49.6 Å². The number of hydrogen-bond acceptors (Lipinski definition) is 3. The molecule has 1 fully saturated rings. The molecule has 1 rings (SSSR count). The van der Waals surface area contributed by atoms with Crippen LogP contribution in [0.25, 0.3) is 0 Å². The van der Waals surface area contributed by atoms with Gasteiger partial charge in [0, 0.05) is 25.0 Å². The van der Waals surface area contributed by atoms with Crippen molar-refractivity contribution in [3.63, 3.8) is 0 Å². The lowest BCUT2D eigenvalue weighted by molar-refractivity contribution is -0.138. The average molecular weight is 269 g/mol. The molecular formula is C15H31N3O. The van der Waals surface area contributed by atoms with Gasteiger partial charge < -0.3 is 15.5 Å². The second-order valence-electron chi connectivity index (χ2n) is 6.23. The maximum Gasteiger partial charge on any atom is 0.225 e. The number of amides is 1. The van der Waals surface area contributed by atoms with Gasteiger partial charge in [0.1, 0.15) is 0 Å². The van der Waals surface area contributed by atoms with Gasteiger partial charge in [-0.3, -0.25) is 4.79 Å². The van der Waals surface area contributed by atoms with Crippen molar-refractivity contribution in [3.8, 4) is 0 Å². The van der Waals surface area contributed by atoms with Gasteiger partial charge in [-0.1, -0.05) is 6.92 Å². The van der Waals surface area contributed by atoms with Gasteiger partial charge in [0.2, 0.25) is 5.91 Å². The third-order valence-corrected chi connectivity index (χ3v) is 4.25. The van der Waals surface area contributed by atoms with Gasteiger partial charge in [0.05, 0.1) is 0 Å². The van der Waals surface area contributed by atoms with E-state index in [1.54, 1.807) is 0 Å². The first kappa shape index (κ1) is 16.4. The smallest absolute Gasteiger partial charge is 0.225 e. The Labute approximate surface area is 118 Å². The summed E-state index contributed by atoms with van der Waals surface area (Å²) < 4.78 is 0. The predicted octanol–water partition coefficient (Wildman–Crippen LogP) is 1.55. The van der Waals surface area contributed by atoms with Gasteiger partial charge in [-0.05, 0) is 59.2 Å². The molecule has 0 aliphatic heterocycles. The van der Waals surface area contributed by atoms with Crippen molar-refractivity contribution in [2.45, 2.75) is 45.6 Å². The summed E-state index contributed by atoms with van der Waals surface area (Å²) in [6, 6.07) is 0.294. The minimum atomic E-state index is 0.194. The second-order valence-corrected chi connectivity index (χ2v) is 6.23. The molecule has 0 aromatic heterocycles. The first-order valence-electron chi connectivity index (χ1n) is 7.64. The third kappa shape index (κ3) is 5.11. The molecule has 19 heavy (non-hydrogen) atoms. The van der Waals surface area contributed by atoms with Gasteiger partial charge in [-0.2, -0.15) is 0 Å². The van der Waals surface area contributed by atoms with E-state index in [-0.39, 0.29) is 5.92 Å². The Morgan fingerprint density at radius 1 is 1.26 bits per heavy atom. The highest BCUT2D eigenvalue weighted by Crippen LogP contribution is 2.30. The molecule has 1 amide bonds. The fourth-order valence-corrected chi connectivity index (χ4v) is 3.04. The Hall–Kier alpha value is -0.610. The largest absolute Gasteiger partial charge is 0.343 e. The highest BCUT2D eigenvalue weighted by atomic mass is 16.2. The predicted molar refractivity (Wildman–Crippen MR) is 79.9 cm³/mol. The molecule has 0 saturated heterocycles. The van der Waals surface area contributed by atoms with Gasteiger partial charge in [-0.15, -0.1) is 0 Å². The van der Waals surface area contributed by atoms with Crippen LogP contribution in [0.2, 0.25) is 0 Å². The molecule has 4 heteroatoms. The molecule has 0 bridgehead atoms. The lowest BCUT2D eigenvalue weighted by Gasteiger charge is -2.35. The Bertz CT molecular complexity index is 281. The third-order valence-electron chi connectivity index (χ3n) is 4.25. The van der Waals surface area contributed by atoms with Crippen molar-refractivity contribution in [1.29, 1.82) is 0 Å². The van der Waals surface area contributed by atoms with E-state index in [4.69, 9.17) is 5.73 Å². The number of carbonyl (C=O) groups excluding carboxylic acids is 1. The highest BCUT2D eigenvalue weighted by Gasteiger charge is 2.32. The zero-order chi connectivity index (χ0) is 14.4. The van der Waals surface area contributed by atoms with E-state index in [1.165, 1.54) is 0 Å². The Balaban J connectivity index is 2.48. The van der Waals surface area contributed by atoms with Crippen molar-refractivity contribution in [2.75, 3.05) is 33.7 Å². The lowest BCUT2D eigenvalue weighted by Crippen LogP contribution is -2.43. The molecule has 3 atom stereocenters. The minimum absolute atomic E-state index is 0.194. The zero-order valence-corrected chi connectivity index (χ0v) is 13.1. The monoisotopic (exact) mass is 269 g/mol. The molecule has 0 aromatic carbocycles. The molecule has 4 nitrogen and oxygen atoms in total. The van der Waals surface area contributed by atoms with Crippen molar-refractivity contribution in [1.82, 2.24) is 9.80 Å². The summed E-state index contributed by atoms with van der Waals surface area (Å²) in [6.07, 6.45) is 4.00. The molecule has 112 valence electrons. The number of nitrogens with two attached hydrogens (primary N) is 1. The molecule has 0 heterocycles. The molecule has 3 unspecified atom stereocenters. The van der Waals surface area contributed by atoms with Crippen LogP contribution in [0.1, 0.15) is 39.5 Å². The van der Waals surface area contributed by atoms with Crippen LogP contribution in [0.15, 0.2) is 0 Å². The van der Waals surface area contributed by atoms with Crippen molar-refractivity contribution >= 4 is 5.91 Å². The van der Waals surface area contributed by atoms with Crippen LogP contribution in [-0.2, 0) is 4.79 Å². The number of hydrogen-bond donors (Lipinski definition) is 1. The van der Waals surface area contributed by atoms with Crippen molar-refractivity contribution in [3.05, 3.63) is 0 Å². The second kappa shape index (κ2) is 7.85. The van der Waals surface area contributed by atoms with Crippen LogP contribution in [0.5, 0.6) is 0 Å². The van der Waals surface area contributed by atoms with Gasteiger partial charge in [0.25, 0.3) is 0 Å². The Morgan fingerprint density at radius 2 is 1.95 bits per heavy atom. The summed E-state index contributed by atoms with van der Waals surface area (Å²) in [5.41, 5.74) is 5.98. The van der Waals surface area contributed by atoms with Crippen LogP contribution in [0.3, 0.4) is 0 Å². The lowest BCUT2D eigenvalue weighted by atomic mass is 9.77. The van der Waals surface area contributed by atoms with Crippen molar-refractivity contribution < 1.29 is 4.79 Å². The molecule has 1 saturated carbocycles. The minimum Gasteiger partial charge on any atom is -0.343 e. The standard InChI is InChI=1S/C15H31N3O/c1-5-18(10-6-9-17(3)4)15(19)14-8-7-13(16)11-12(14)2/h12-14H,5-11,16H2,1-4H3. The highest BCUT2D eigenvalue weighted by molar-refractivity contribution is 5.79. The summed E-state index contributed by atoms with van der Waals surface area (Å²) in [6.45, 7) is 6.99. The molecule has 0 radical (unpaired) electrons. The molecule has 0 aromatic rings. The van der Waals surface area contributed by atoms with E-state index in [0.29, 0.717) is 17.9 Å². The number of rotatable bonds is 6.